The summed E-state index contributed by atoms with van der Waals surface area (Å²) in [6.45, 7) is 2.50. The first kappa shape index (κ1) is 12.7. The lowest BCUT2D eigenvalue weighted by atomic mass is 10.1. The molecule has 16 heavy (non-hydrogen) atoms. The third-order valence-electron chi connectivity index (χ3n) is 2.60. The van der Waals surface area contributed by atoms with Gasteiger partial charge in [-0.05, 0) is 25.3 Å². The number of nitrogens with one attached hydrogen (secondary N) is 2. The number of hydrogen-bond donors (Lipinski definition) is 2. The number of benzene rings is 1. The molecule has 0 saturated heterocycles. The highest BCUT2D eigenvalue weighted by atomic mass is 16.1. The third kappa shape index (κ3) is 4.94. The van der Waals surface area contributed by atoms with Crippen LogP contribution in [-0.4, -0.2) is 25.5 Å². The van der Waals surface area contributed by atoms with Crippen LogP contribution in [-0.2, 0) is 11.2 Å². The van der Waals surface area contributed by atoms with Crippen LogP contribution in [0.4, 0.5) is 0 Å². The molecule has 1 atom stereocenters. The summed E-state index contributed by atoms with van der Waals surface area (Å²) in [7, 11) is 1.65. The Hall–Kier alpha value is -1.35. The fourth-order valence-corrected chi connectivity index (χ4v) is 1.49. The van der Waals surface area contributed by atoms with Gasteiger partial charge in [0.2, 0.25) is 5.91 Å². The van der Waals surface area contributed by atoms with Crippen molar-refractivity contribution >= 4 is 5.91 Å². The predicted octanol–water partition coefficient (Wildman–Crippen LogP) is 1.34. The van der Waals surface area contributed by atoms with E-state index in [0.717, 1.165) is 12.8 Å². The Labute approximate surface area is 97.2 Å². The number of hydrogen-bond acceptors (Lipinski definition) is 2. The van der Waals surface area contributed by atoms with Crippen LogP contribution >= 0.6 is 0 Å². The molecule has 0 fully saturated rings. The van der Waals surface area contributed by atoms with Crippen LogP contribution in [0.5, 0.6) is 0 Å². The van der Waals surface area contributed by atoms with Crippen molar-refractivity contribution in [3.63, 3.8) is 0 Å². The van der Waals surface area contributed by atoms with Crippen LogP contribution in [0.25, 0.3) is 0 Å². The van der Waals surface area contributed by atoms with Crippen molar-refractivity contribution in [1.29, 1.82) is 0 Å². The van der Waals surface area contributed by atoms with Gasteiger partial charge in [0.1, 0.15) is 0 Å². The minimum Gasteiger partial charge on any atom is -0.358 e. The van der Waals surface area contributed by atoms with Crippen molar-refractivity contribution in [2.45, 2.75) is 25.8 Å². The molecule has 1 amide bonds. The Morgan fingerprint density at radius 1 is 1.31 bits per heavy atom. The second-order valence-electron chi connectivity index (χ2n) is 3.98. The van der Waals surface area contributed by atoms with E-state index in [1.54, 1.807) is 7.05 Å². The summed E-state index contributed by atoms with van der Waals surface area (Å²) in [4.78, 5) is 11.0. The average molecular weight is 220 g/mol. The number of likely N-dealkylation sites (N-methyl/N-ethyl adjacent to an activating group) is 1. The number of amides is 1. The Morgan fingerprint density at radius 3 is 2.62 bits per heavy atom. The molecule has 1 aromatic rings. The largest absolute Gasteiger partial charge is 0.358 e. The third-order valence-corrected chi connectivity index (χ3v) is 2.60. The van der Waals surface area contributed by atoms with E-state index in [-0.39, 0.29) is 5.91 Å². The number of carbonyl (C=O) groups is 1. The van der Waals surface area contributed by atoms with Crippen molar-refractivity contribution in [2.75, 3.05) is 13.6 Å². The molecular weight excluding hydrogens is 200 g/mol. The SMILES string of the molecule is CNC(=O)CNC(C)CCc1ccccc1. The van der Waals surface area contributed by atoms with E-state index in [2.05, 4.69) is 41.8 Å². The van der Waals surface area contributed by atoms with Crippen LogP contribution in [0, 0.1) is 0 Å². The number of carbonyl (C=O) groups excluding carboxylic acids is 1. The highest BCUT2D eigenvalue weighted by Crippen LogP contribution is 2.04. The van der Waals surface area contributed by atoms with E-state index in [4.69, 9.17) is 0 Å². The molecule has 0 aliphatic heterocycles. The highest BCUT2D eigenvalue weighted by Gasteiger charge is 2.04. The maximum Gasteiger partial charge on any atom is 0.233 e. The summed E-state index contributed by atoms with van der Waals surface area (Å²) in [5.74, 6) is 0.0339. The molecule has 3 nitrogen and oxygen atoms in total. The second kappa shape index (κ2) is 7.01. The molecule has 0 spiro atoms. The van der Waals surface area contributed by atoms with Crippen molar-refractivity contribution in [2.24, 2.45) is 0 Å². The van der Waals surface area contributed by atoms with Crippen LogP contribution in [0.3, 0.4) is 0 Å². The van der Waals surface area contributed by atoms with Crippen molar-refractivity contribution in [1.82, 2.24) is 10.6 Å². The zero-order valence-corrected chi connectivity index (χ0v) is 9.99. The molecule has 0 radical (unpaired) electrons. The first-order chi connectivity index (χ1) is 7.72. The zero-order valence-electron chi connectivity index (χ0n) is 9.99. The van der Waals surface area contributed by atoms with Gasteiger partial charge in [-0.2, -0.15) is 0 Å². The van der Waals surface area contributed by atoms with Gasteiger partial charge in [0.05, 0.1) is 6.54 Å². The maximum absolute atomic E-state index is 11.0. The first-order valence-electron chi connectivity index (χ1n) is 5.70. The molecule has 1 unspecified atom stereocenters. The van der Waals surface area contributed by atoms with E-state index in [1.165, 1.54) is 5.56 Å². The maximum atomic E-state index is 11.0. The van der Waals surface area contributed by atoms with Crippen LogP contribution < -0.4 is 10.6 Å². The fourth-order valence-electron chi connectivity index (χ4n) is 1.49. The van der Waals surface area contributed by atoms with Gasteiger partial charge in [-0.15, -0.1) is 0 Å². The van der Waals surface area contributed by atoms with Gasteiger partial charge in [0.15, 0.2) is 0 Å². The van der Waals surface area contributed by atoms with E-state index < -0.39 is 0 Å². The lowest BCUT2D eigenvalue weighted by Gasteiger charge is -2.12. The van der Waals surface area contributed by atoms with Crippen molar-refractivity contribution in [3.8, 4) is 0 Å². The lowest BCUT2D eigenvalue weighted by Crippen LogP contribution is -2.36. The van der Waals surface area contributed by atoms with Crippen molar-refractivity contribution in [3.05, 3.63) is 35.9 Å². The van der Waals surface area contributed by atoms with E-state index in [1.807, 2.05) is 6.07 Å². The fraction of sp³-hybridized carbons (Fsp3) is 0.462. The molecule has 0 aliphatic carbocycles. The topological polar surface area (TPSA) is 41.1 Å². The van der Waals surface area contributed by atoms with Gasteiger partial charge in [-0.25, -0.2) is 0 Å². The van der Waals surface area contributed by atoms with Crippen molar-refractivity contribution < 1.29 is 4.79 Å². The van der Waals surface area contributed by atoms with E-state index >= 15 is 0 Å². The molecule has 0 saturated carbocycles. The minimum absolute atomic E-state index is 0.0339. The summed E-state index contributed by atoms with van der Waals surface area (Å²) >= 11 is 0. The predicted molar refractivity (Wildman–Crippen MR) is 66.3 cm³/mol. The molecule has 1 aromatic carbocycles. The molecule has 2 N–H and O–H groups in total. The molecule has 0 bridgehead atoms. The van der Waals surface area contributed by atoms with E-state index in [9.17, 15) is 4.79 Å². The molecular formula is C13H20N2O. The monoisotopic (exact) mass is 220 g/mol. The average Bonchev–Trinajstić information content (AvgIpc) is 2.34. The summed E-state index contributed by atoms with van der Waals surface area (Å²) in [6, 6.07) is 10.8. The Balaban J connectivity index is 2.20. The molecule has 0 heterocycles. The van der Waals surface area contributed by atoms with Gasteiger partial charge in [-0.3, -0.25) is 4.79 Å². The molecule has 3 heteroatoms. The highest BCUT2D eigenvalue weighted by molar-refractivity contribution is 5.77. The normalized spacial score (nSPS) is 12.1. The van der Waals surface area contributed by atoms with Crippen LogP contribution in [0.15, 0.2) is 30.3 Å². The van der Waals surface area contributed by atoms with Gasteiger partial charge in [0, 0.05) is 13.1 Å². The molecule has 88 valence electrons. The van der Waals surface area contributed by atoms with Gasteiger partial charge >= 0.3 is 0 Å². The second-order valence-corrected chi connectivity index (χ2v) is 3.98. The van der Waals surface area contributed by atoms with Gasteiger partial charge < -0.3 is 10.6 Å². The summed E-state index contributed by atoms with van der Waals surface area (Å²) in [5.41, 5.74) is 1.34. The van der Waals surface area contributed by atoms with Crippen LogP contribution in [0.1, 0.15) is 18.9 Å². The summed E-state index contributed by atoms with van der Waals surface area (Å²) in [5, 5.41) is 5.78. The Kier molecular flexibility index (Phi) is 5.57. The molecule has 1 rings (SSSR count). The Morgan fingerprint density at radius 2 is 2.00 bits per heavy atom. The standard InChI is InChI=1S/C13H20N2O/c1-11(15-10-13(16)14-2)8-9-12-6-4-3-5-7-12/h3-7,11,15H,8-10H2,1-2H3,(H,14,16). The van der Waals surface area contributed by atoms with Gasteiger partial charge in [0.25, 0.3) is 0 Å². The first-order valence-corrected chi connectivity index (χ1v) is 5.70. The minimum atomic E-state index is 0.0339. The Bertz CT molecular complexity index is 311. The molecule has 0 aliphatic rings. The van der Waals surface area contributed by atoms with E-state index in [0.29, 0.717) is 12.6 Å². The number of aryl methyl sites for hydroxylation is 1. The zero-order chi connectivity index (χ0) is 11.8. The van der Waals surface area contributed by atoms with Crippen LogP contribution in [0.2, 0.25) is 0 Å². The molecule has 0 aromatic heterocycles. The summed E-state index contributed by atoms with van der Waals surface area (Å²) in [6.07, 6.45) is 2.09. The van der Waals surface area contributed by atoms with Gasteiger partial charge in [-0.1, -0.05) is 30.3 Å². The lowest BCUT2D eigenvalue weighted by molar-refractivity contribution is -0.119. The quantitative estimate of drug-likeness (QED) is 0.759. The summed E-state index contributed by atoms with van der Waals surface area (Å²) < 4.78 is 0. The number of rotatable bonds is 6. The smallest absolute Gasteiger partial charge is 0.233 e.